The number of rotatable bonds is 6. The van der Waals surface area contributed by atoms with Crippen LogP contribution in [0, 0.1) is 12.8 Å². The van der Waals surface area contributed by atoms with E-state index < -0.39 is 0 Å². The van der Waals surface area contributed by atoms with E-state index in [0.717, 1.165) is 49.2 Å². The summed E-state index contributed by atoms with van der Waals surface area (Å²) in [5, 5.41) is 3.37. The number of piperidine rings is 1. The van der Waals surface area contributed by atoms with E-state index in [0.29, 0.717) is 5.95 Å². The Kier molecular flexibility index (Phi) is 5.74. The second-order valence-electron chi connectivity index (χ2n) is 6.87. The minimum absolute atomic E-state index is 0.711. The second-order valence-corrected chi connectivity index (χ2v) is 6.87. The molecule has 2 aromatic rings. The molecule has 2 heterocycles. The maximum Gasteiger partial charge on any atom is 0.224 e. The van der Waals surface area contributed by atoms with Gasteiger partial charge < -0.3 is 15.0 Å². The first kappa shape index (κ1) is 17.5. The number of benzene rings is 1. The molecule has 5 heteroatoms. The molecular formula is C20H28N4O. The first-order valence-corrected chi connectivity index (χ1v) is 9.12. The van der Waals surface area contributed by atoms with Crippen LogP contribution in [0.5, 0.6) is 5.75 Å². The lowest BCUT2D eigenvalue weighted by Gasteiger charge is -2.32. The number of hydrogen-bond donors (Lipinski definition) is 1. The van der Waals surface area contributed by atoms with Crippen molar-refractivity contribution in [3.8, 4) is 5.75 Å². The SMILES string of the molecule is COc1ccccc1CCNc1nc(C)cc(N2CCCC(C)C2)n1. The van der Waals surface area contributed by atoms with Crippen LogP contribution in [0.15, 0.2) is 30.3 Å². The molecule has 1 aromatic carbocycles. The van der Waals surface area contributed by atoms with E-state index in [1.807, 2.05) is 25.1 Å². The molecule has 0 saturated carbocycles. The molecule has 1 aromatic heterocycles. The van der Waals surface area contributed by atoms with Gasteiger partial charge in [-0.25, -0.2) is 4.98 Å². The summed E-state index contributed by atoms with van der Waals surface area (Å²) in [5.74, 6) is 3.41. The van der Waals surface area contributed by atoms with Gasteiger partial charge in [-0.2, -0.15) is 4.98 Å². The van der Waals surface area contributed by atoms with Crippen LogP contribution < -0.4 is 15.0 Å². The van der Waals surface area contributed by atoms with E-state index >= 15 is 0 Å². The Bertz CT molecular complexity index is 704. The van der Waals surface area contributed by atoms with Crippen LogP contribution in [0.1, 0.15) is 31.0 Å². The van der Waals surface area contributed by atoms with Crippen molar-refractivity contribution in [1.82, 2.24) is 9.97 Å². The zero-order valence-electron chi connectivity index (χ0n) is 15.5. The summed E-state index contributed by atoms with van der Waals surface area (Å²) in [6, 6.07) is 10.2. The van der Waals surface area contributed by atoms with Gasteiger partial charge in [-0.1, -0.05) is 25.1 Å². The Hall–Kier alpha value is -2.30. The van der Waals surface area contributed by atoms with E-state index in [4.69, 9.17) is 9.72 Å². The third-order valence-corrected chi connectivity index (χ3v) is 4.69. The van der Waals surface area contributed by atoms with Gasteiger partial charge in [0.2, 0.25) is 5.95 Å². The van der Waals surface area contributed by atoms with Gasteiger partial charge in [-0.3, -0.25) is 0 Å². The summed E-state index contributed by atoms with van der Waals surface area (Å²) in [4.78, 5) is 11.7. The average Bonchev–Trinajstić information content (AvgIpc) is 2.62. The molecule has 1 fully saturated rings. The summed E-state index contributed by atoms with van der Waals surface area (Å²) in [6.45, 7) is 7.29. The Morgan fingerprint density at radius 3 is 2.92 bits per heavy atom. The minimum Gasteiger partial charge on any atom is -0.496 e. The third kappa shape index (κ3) is 4.62. The Balaban J connectivity index is 1.64. The van der Waals surface area contributed by atoms with Gasteiger partial charge in [-0.05, 0) is 43.7 Å². The highest BCUT2D eigenvalue weighted by atomic mass is 16.5. The molecule has 25 heavy (non-hydrogen) atoms. The average molecular weight is 340 g/mol. The molecule has 0 spiro atoms. The van der Waals surface area contributed by atoms with Gasteiger partial charge in [-0.15, -0.1) is 0 Å². The number of para-hydroxylation sites is 1. The minimum atomic E-state index is 0.711. The van der Waals surface area contributed by atoms with Crippen molar-refractivity contribution in [1.29, 1.82) is 0 Å². The van der Waals surface area contributed by atoms with Crippen molar-refractivity contribution in [3.63, 3.8) is 0 Å². The van der Waals surface area contributed by atoms with Gasteiger partial charge in [0.1, 0.15) is 11.6 Å². The highest BCUT2D eigenvalue weighted by molar-refractivity contribution is 5.45. The van der Waals surface area contributed by atoms with E-state index in [2.05, 4.69) is 34.3 Å². The van der Waals surface area contributed by atoms with Crippen molar-refractivity contribution in [2.24, 2.45) is 5.92 Å². The molecule has 5 nitrogen and oxygen atoms in total. The van der Waals surface area contributed by atoms with Gasteiger partial charge in [0, 0.05) is 31.4 Å². The second kappa shape index (κ2) is 8.19. The van der Waals surface area contributed by atoms with Gasteiger partial charge in [0.25, 0.3) is 0 Å². The smallest absolute Gasteiger partial charge is 0.224 e. The lowest BCUT2D eigenvalue weighted by molar-refractivity contribution is 0.410. The van der Waals surface area contributed by atoms with Crippen LogP contribution in [-0.4, -0.2) is 36.7 Å². The number of aryl methyl sites for hydroxylation is 1. The molecule has 1 unspecified atom stereocenters. The molecule has 1 saturated heterocycles. The monoisotopic (exact) mass is 340 g/mol. The van der Waals surface area contributed by atoms with Crippen molar-refractivity contribution in [2.75, 3.05) is 37.0 Å². The lowest BCUT2D eigenvalue weighted by atomic mass is 10.0. The summed E-state index contributed by atoms with van der Waals surface area (Å²) in [7, 11) is 1.71. The molecule has 0 radical (unpaired) electrons. The zero-order chi connectivity index (χ0) is 17.6. The Morgan fingerprint density at radius 1 is 1.28 bits per heavy atom. The van der Waals surface area contributed by atoms with Crippen LogP contribution in [0.25, 0.3) is 0 Å². The molecule has 0 bridgehead atoms. The van der Waals surface area contributed by atoms with Crippen LogP contribution in [-0.2, 0) is 6.42 Å². The molecule has 134 valence electrons. The van der Waals surface area contributed by atoms with Crippen LogP contribution in [0.4, 0.5) is 11.8 Å². The molecule has 1 aliphatic heterocycles. The topological polar surface area (TPSA) is 50.3 Å². The van der Waals surface area contributed by atoms with Crippen molar-refractivity contribution < 1.29 is 4.74 Å². The fraction of sp³-hybridized carbons (Fsp3) is 0.500. The van der Waals surface area contributed by atoms with E-state index in [1.54, 1.807) is 7.11 Å². The number of nitrogens with one attached hydrogen (secondary N) is 1. The normalized spacial score (nSPS) is 17.4. The van der Waals surface area contributed by atoms with Crippen LogP contribution >= 0.6 is 0 Å². The number of ether oxygens (including phenoxy) is 1. The molecule has 0 aliphatic carbocycles. The fourth-order valence-corrected chi connectivity index (χ4v) is 3.41. The zero-order valence-corrected chi connectivity index (χ0v) is 15.5. The van der Waals surface area contributed by atoms with Crippen LogP contribution in [0.3, 0.4) is 0 Å². The van der Waals surface area contributed by atoms with Crippen molar-refractivity contribution in [2.45, 2.75) is 33.1 Å². The number of nitrogens with zero attached hydrogens (tertiary/aromatic N) is 3. The van der Waals surface area contributed by atoms with Gasteiger partial charge in [0.05, 0.1) is 7.11 Å². The maximum absolute atomic E-state index is 5.41. The van der Waals surface area contributed by atoms with Gasteiger partial charge in [0.15, 0.2) is 0 Å². The van der Waals surface area contributed by atoms with Gasteiger partial charge >= 0.3 is 0 Å². The van der Waals surface area contributed by atoms with Crippen molar-refractivity contribution in [3.05, 3.63) is 41.6 Å². The van der Waals surface area contributed by atoms with Crippen LogP contribution in [0.2, 0.25) is 0 Å². The molecular weight excluding hydrogens is 312 g/mol. The Labute approximate surface area is 150 Å². The third-order valence-electron chi connectivity index (χ3n) is 4.69. The number of aromatic nitrogens is 2. The number of hydrogen-bond acceptors (Lipinski definition) is 5. The van der Waals surface area contributed by atoms with E-state index in [9.17, 15) is 0 Å². The van der Waals surface area contributed by atoms with E-state index in [-0.39, 0.29) is 0 Å². The molecule has 1 N–H and O–H groups in total. The summed E-state index contributed by atoms with van der Waals surface area (Å²) in [6.07, 6.45) is 3.42. The maximum atomic E-state index is 5.41. The number of methoxy groups -OCH3 is 1. The highest BCUT2D eigenvalue weighted by Crippen LogP contribution is 2.23. The van der Waals surface area contributed by atoms with E-state index in [1.165, 1.54) is 18.4 Å². The summed E-state index contributed by atoms with van der Waals surface area (Å²) in [5.41, 5.74) is 2.19. The largest absolute Gasteiger partial charge is 0.496 e. The first-order valence-electron chi connectivity index (χ1n) is 9.12. The molecule has 1 aliphatic rings. The fourth-order valence-electron chi connectivity index (χ4n) is 3.41. The highest BCUT2D eigenvalue weighted by Gasteiger charge is 2.18. The Morgan fingerprint density at radius 2 is 2.12 bits per heavy atom. The predicted molar refractivity (Wildman–Crippen MR) is 103 cm³/mol. The summed E-state index contributed by atoms with van der Waals surface area (Å²) < 4.78 is 5.41. The quantitative estimate of drug-likeness (QED) is 0.869. The standard InChI is InChI=1S/C20H28N4O/c1-15-7-6-12-24(14-15)19-13-16(2)22-20(23-19)21-11-10-17-8-4-5-9-18(17)25-3/h4-5,8-9,13,15H,6-7,10-12,14H2,1-3H3,(H,21,22,23). The molecule has 0 amide bonds. The predicted octanol–water partition coefficient (Wildman–Crippen LogP) is 3.68. The summed E-state index contributed by atoms with van der Waals surface area (Å²) >= 11 is 0. The first-order chi connectivity index (χ1) is 12.2. The molecule has 3 rings (SSSR count). The lowest BCUT2D eigenvalue weighted by Crippen LogP contribution is -2.35. The molecule has 1 atom stereocenters. The van der Waals surface area contributed by atoms with Crippen molar-refractivity contribution >= 4 is 11.8 Å². The number of anilines is 2.